The molecule has 152 valence electrons. The van der Waals surface area contributed by atoms with E-state index < -0.39 is 29.8 Å². The Hall–Kier alpha value is -2.74. The summed E-state index contributed by atoms with van der Waals surface area (Å²) in [5.74, 6) is -0.170. The Morgan fingerprint density at radius 3 is 2.62 bits per heavy atom. The molecule has 29 heavy (non-hydrogen) atoms. The Balaban J connectivity index is 1.57. The number of hydrogen-bond donors (Lipinski definition) is 1. The summed E-state index contributed by atoms with van der Waals surface area (Å²) >= 11 is 6.00. The second kappa shape index (κ2) is 6.95. The smallest absolute Gasteiger partial charge is 0.416 e. The van der Waals surface area contributed by atoms with Crippen LogP contribution < -0.4 is 10.1 Å². The van der Waals surface area contributed by atoms with Gasteiger partial charge >= 0.3 is 12.3 Å². The Bertz CT molecular complexity index is 1020. The van der Waals surface area contributed by atoms with Gasteiger partial charge < -0.3 is 9.47 Å². The van der Waals surface area contributed by atoms with Gasteiger partial charge in [0.1, 0.15) is 11.5 Å². The average Bonchev–Trinajstić information content (AvgIpc) is 3.18. The van der Waals surface area contributed by atoms with Gasteiger partial charge in [0, 0.05) is 5.92 Å². The topological polar surface area (TPSA) is 64.6 Å². The Kier molecular flexibility index (Phi) is 4.69. The standard InChI is InChI=1S/C20H15ClF3NO4/c1-9-6-16(15(21)8-14(9)20(22,23)24)28-11-3-5-12-10(7-11)2-4-13(12)17-18(26)25-19(27)29-17/h3,5-8,13,17H,2,4H2,1H3,(H,25,26,27)/t13-,17?/m1/s1. The molecular formula is C20H15ClF3NO4. The number of rotatable bonds is 3. The first-order valence-electron chi connectivity index (χ1n) is 8.83. The molecule has 1 heterocycles. The van der Waals surface area contributed by atoms with Gasteiger partial charge in [0.2, 0.25) is 0 Å². The third-order valence-electron chi connectivity index (χ3n) is 5.13. The molecule has 1 aliphatic heterocycles. The van der Waals surface area contributed by atoms with Gasteiger partial charge in [0.25, 0.3) is 5.91 Å². The zero-order chi connectivity index (χ0) is 20.9. The van der Waals surface area contributed by atoms with Crippen molar-refractivity contribution in [1.82, 2.24) is 5.32 Å². The van der Waals surface area contributed by atoms with E-state index in [9.17, 15) is 22.8 Å². The van der Waals surface area contributed by atoms with Crippen LogP contribution in [0.2, 0.25) is 5.02 Å². The lowest BCUT2D eigenvalue weighted by atomic mass is 9.95. The normalized spacial score (nSPS) is 21.0. The van der Waals surface area contributed by atoms with Gasteiger partial charge in [-0.15, -0.1) is 0 Å². The number of carbonyl (C=O) groups excluding carboxylic acids is 2. The zero-order valence-corrected chi connectivity index (χ0v) is 15.9. The number of benzene rings is 2. The molecule has 1 aliphatic carbocycles. The fourth-order valence-electron chi connectivity index (χ4n) is 3.81. The fourth-order valence-corrected chi connectivity index (χ4v) is 4.01. The molecule has 1 saturated heterocycles. The number of aryl methyl sites for hydroxylation is 2. The molecule has 1 fully saturated rings. The van der Waals surface area contributed by atoms with Crippen molar-refractivity contribution in [2.24, 2.45) is 0 Å². The highest BCUT2D eigenvalue weighted by Crippen LogP contribution is 2.42. The van der Waals surface area contributed by atoms with Crippen molar-refractivity contribution in [3.8, 4) is 11.5 Å². The number of amides is 2. The molecule has 2 atom stereocenters. The van der Waals surface area contributed by atoms with E-state index in [0.29, 0.717) is 18.6 Å². The van der Waals surface area contributed by atoms with E-state index >= 15 is 0 Å². The van der Waals surface area contributed by atoms with Gasteiger partial charge in [-0.05, 0) is 60.7 Å². The summed E-state index contributed by atoms with van der Waals surface area (Å²) in [5.41, 5.74) is 0.994. The minimum absolute atomic E-state index is 0.00665. The highest BCUT2D eigenvalue weighted by atomic mass is 35.5. The monoisotopic (exact) mass is 425 g/mol. The molecule has 0 saturated carbocycles. The van der Waals surface area contributed by atoms with Crippen LogP contribution in [0.5, 0.6) is 11.5 Å². The lowest BCUT2D eigenvalue weighted by Gasteiger charge is -2.17. The molecule has 5 nitrogen and oxygen atoms in total. The van der Waals surface area contributed by atoms with Crippen LogP contribution in [0.15, 0.2) is 30.3 Å². The van der Waals surface area contributed by atoms with Crippen LogP contribution >= 0.6 is 11.6 Å². The van der Waals surface area contributed by atoms with Crippen molar-refractivity contribution < 1.29 is 32.2 Å². The van der Waals surface area contributed by atoms with Gasteiger partial charge in [-0.1, -0.05) is 17.7 Å². The summed E-state index contributed by atoms with van der Waals surface area (Å²) in [4.78, 5) is 23.2. The molecule has 2 aromatic carbocycles. The molecule has 0 bridgehead atoms. The Morgan fingerprint density at radius 2 is 1.97 bits per heavy atom. The largest absolute Gasteiger partial charge is 0.456 e. The number of cyclic esters (lactones) is 1. The van der Waals surface area contributed by atoms with Crippen LogP contribution in [-0.4, -0.2) is 18.1 Å². The van der Waals surface area contributed by atoms with E-state index in [1.165, 1.54) is 13.0 Å². The number of alkyl halides is 3. The molecular weight excluding hydrogens is 411 g/mol. The Labute approximate surface area is 168 Å². The SMILES string of the molecule is Cc1cc(Oc2ccc3c(c2)CC[C@H]3C2OC(=O)NC2=O)c(Cl)cc1C(F)(F)F. The second-order valence-electron chi connectivity index (χ2n) is 7.02. The summed E-state index contributed by atoms with van der Waals surface area (Å²) < 4.78 is 49.8. The predicted octanol–water partition coefficient (Wildman–Crippen LogP) is 5.12. The number of imide groups is 1. The number of carbonyl (C=O) groups is 2. The third kappa shape index (κ3) is 3.64. The molecule has 0 aromatic heterocycles. The van der Waals surface area contributed by atoms with Gasteiger partial charge in [-0.2, -0.15) is 13.2 Å². The van der Waals surface area contributed by atoms with Crippen molar-refractivity contribution in [2.45, 2.75) is 38.0 Å². The first-order chi connectivity index (χ1) is 13.6. The summed E-state index contributed by atoms with van der Waals surface area (Å²) in [6.07, 6.45) is -4.82. The van der Waals surface area contributed by atoms with E-state index in [1.54, 1.807) is 18.2 Å². The molecule has 2 amide bonds. The van der Waals surface area contributed by atoms with Crippen molar-refractivity contribution in [2.75, 3.05) is 0 Å². The molecule has 9 heteroatoms. The maximum atomic E-state index is 13.0. The first kappa shape index (κ1) is 19.6. The second-order valence-corrected chi connectivity index (χ2v) is 7.43. The number of halogens is 4. The van der Waals surface area contributed by atoms with Crippen molar-refractivity contribution in [3.05, 3.63) is 57.6 Å². The summed E-state index contributed by atoms with van der Waals surface area (Å²) in [7, 11) is 0. The van der Waals surface area contributed by atoms with Crippen molar-refractivity contribution >= 4 is 23.6 Å². The van der Waals surface area contributed by atoms with Gasteiger partial charge in [0.05, 0.1) is 10.6 Å². The van der Waals surface area contributed by atoms with Gasteiger partial charge in [-0.25, -0.2) is 4.79 Å². The molecule has 0 radical (unpaired) electrons. The average molecular weight is 426 g/mol. The van der Waals surface area contributed by atoms with Gasteiger partial charge in [-0.3, -0.25) is 10.1 Å². The van der Waals surface area contributed by atoms with Crippen LogP contribution in [0.3, 0.4) is 0 Å². The van der Waals surface area contributed by atoms with Gasteiger partial charge in [0.15, 0.2) is 6.10 Å². The van der Waals surface area contributed by atoms with E-state index in [-0.39, 0.29) is 22.3 Å². The maximum Gasteiger partial charge on any atom is 0.416 e. The van der Waals surface area contributed by atoms with Crippen LogP contribution in [-0.2, 0) is 22.1 Å². The van der Waals surface area contributed by atoms with E-state index in [0.717, 1.165) is 17.2 Å². The molecule has 4 rings (SSSR count). The minimum atomic E-state index is -4.50. The number of alkyl carbamates (subject to hydrolysis) is 1. The molecule has 0 spiro atoms. The maximum absolute atomic E-state index is 13.0. The summed E-state index contributed by atoms with van der Waals surface area (Å²) in [6, 6.07) is 7.28. The lowest BCUT2D eigenvalue weighted by molar-refractivity contribution is -0.138. The van der Waals surface area contributed by atoms with Crippen LogP contribution in [0.25, 0.3) is 0 Å². The van der Waals surface area contributed by atoms with Crippen molar-refractivity contribution in [1.29, 1.82) is 0 Å². The summed E-state index contributed by atoms with van der Waals surface area (Å²) in [5, 5.41) is 1.98. The molecule has 2 aliphatic rings. The lowest BCUT2D eigenvalue weighted by Crippen LogP contribution is -2.28. The van der Waals surface area contributed by atoms with E-state index in [2.05, 4.69) is 5.32 Å². The highest BCUT2D eigenvalue weighted by Gasteiger charge is 2.42. The predicted molar refractivity (Wildman–Crippen MR) is 97.2 cm³/mol. The summed E-state index contributed by atoms with van der Waals surface area (Å²) in [6.45, 7) is 1.34. The quantitative estimate of drug-likeness (QED) is 0.741. The number of ether oxygens (including phenoxy) is 2. The number of fused-ring (bicyclic) bond motifs is 1. The van der Waals surface area contributed by atoms with E-state index in [4.69, 9.17) is 21.1 Å². The van der Waals surface area contributed by atoms with E-state index in [1.807, 2.05) is 0 Å². The highest BCUT2D eigenvalue weighted by molar-refractivity contribution is 6.32. The number of hydrogen-bond acceptors (Lipinski definition) is 4. The molecule has 1 unspecified atom stereocenters. The molecule has 2 aromatic rings. The van der Waals surface area contributed by atoms with Crippen molar-refractivity contribution in [3.63, 3.8) is 0 Å². The molecule has 1 N–H and O–H groups in total. The number of nitrogens with one attached hydrogen (secondary N) is 1. The fraction of sp³-hybridized carbons (Fsp3) is 0.300. The van der Waals surface area contributed by atoms with Crippen LogP contribution in [0.1, 0.15) is 34.6 Å². The van der Waals surface area contributed by atoms with Crippen LogP contribution in [0.4, 0.5) is 18.0 Å². The zero-order valence-electron chi connectivity index (χ0n) is 15.1. The first-order valence-corrected chi connectivity index (χ1v) is 9.21. The minimum Gasteiger partial charge on any atom is -0.456 e. The third-order valence-corrected chi connectivity index (χ3v) is 5.43. The van der Waals surface area contributed by atoms with Crippen LogP contribution in [0, 0.1) is 6.92 Å². The Morgan fingerprint density at radius 1 is 1.21 bits per heavy atom.